The standard InChI is InChI=1S/C32H33N3O3S/c1-37-28-12-14-35(21-28)20-24-4-2-23(3-5-24)18-30-29-11-8-26(36)19-31(29)39-32(30)25-6-9-27(10-7-25)38-17-16-34-15-13-33-22-34/h2-11,13,15,19,22,28,36H,12,14,16-18,20-21H2,1H3. The fourth-order valence-electron chi connectivity index (χ4n) is 5.30. The van der Waals surface area contributed by atoms with Gasteiger partial charge in [-0.25, -0.2) is 4.98 Å². The molecule has 3 aromatic carbocycles. The van der Waals surface area contributed by atoms with Gasteiger partial charge in [-0.2, -0.15) is 0 Å². The van der Waals surface area contributed by atoms with Crippen LogP contribution in [0.15, 0.2) is 85.5 Å². The smallest absolute Gasteiger partial charge is 0.119 e. The number of benzene rings is 3. The number of phenols is 1. The van der Waals surface area contributed by atoms with Crippen molar-refractivity contribution >= 4 is 21.4 Å². The molecule has 1 aliphatic rings. The van der Waals surface area contributed by atoms with Crippen molar-refractivity contribution in [2.24, 2.45) is 0 Å². The lowest BCUT2D eigenvalue weighted by molar-refractivity contribution is 0.107. The number of hydrogen-bond acceptors (Lipinski definition) is 6. The van der Waals surface area contributed by atoms with Crippen LogP contribution in [0.3, 0.4) is 0 Å². The molecule has 200 valence electrons. The van der Waals surface area contributed by atoms with Gasteiger partial charge in [-0.1, -0.05) is 24.3 Å². The molecule has 1 aliphatic heterocycles. The zero-order valence-corrected chi connectivity index (χ0v) is 22.9. The molecule has 0 saturated carbocycles. The Bertz CT molecular complexity index is 1510. The Balaban J connectivity index is 1.19. The van der Waals surface area contributed by atoms with Crippen LogP contribution in [0.5, 0.6) is 11.5 Å². The molecule has 7 heteroatoms. The summed E-state index contributed by atoms with van der Waals surface area (Å²) in [5.41, 5.74) is 5.06. The molecule has 0 amide bonds. The number of methoxy groups -OCH3 is 1. The summed E-state index contributed by atoms with van der Waals surface area (Å²) in [5.74, 6) is 1.15. The van der Waals surface area contributed by atoms with Gasteiger partial charge >= 0.3 is 0 Å². The zero-order valence-electron chi connectivity index (χ0n) is 22.1. The summed E-state index contributed by atoms with van der Waals surface area (Å²) in [5, 5.41) is 11.3. The molecule has 6 nitrogen and oxygen atoms in total. The number of ether oxygens (including phenoxy) is 2. The second-order valence-corrected chi connectivity index (χ2v) is 11.2. The van der Waals surface area contributed by atoms with Gasteiger partial charge in [0.1, 0.15) is 18.1 Å². The first-order valence-corrected chi connectivity index (χ1v) is 14.2. The molecule has 0 radical (unpaired) electrons. The number of hydrogen-bond donors (Lipinski definition) is 1. The summed E-state index contributed by atoms with van der Waals surface area (Å²) in [7, 11) is 1.80. The molecular formula is C32H33N3O3S. The van der Waals surface area contributed by atoms with E-state index >= 15 is 0 Å². The van der Waals surface area contributed by atoms with Crippen LogP contribution in [-0.2, 0) is 24.2 Å². The van der Waals surface area contributed by atoms with Crippen LogP contribution in [0.2, 0.25) is 0 Å². The van der Waals surface area contributed by atoms with Crippen LogP contribution in [0.4, 0.5) is 0 Å². The third kappa shape index (κ3) is 6.01. The topological polar surface area (TPSA) is 59.8 Å². The van der Waals surface area contributed by atoms with Crippen LogP contribution in [0.25, 0.3) is 20.5 Å². The number of likely N-dealkylation sites (tertiary alicyclic amines) is 1. The van der Waals surface area contributed by atoms with Gasteiger partial charge in [-0.3, -0.25) is 4.90 Å². The number of fused-ring (bicyclic) bond motifs is 1. The van der Waals surface area contributed by atoms with Crippen LogP contribution in [0.1, 0.15) is 23.1 Å². The average molecular weight is 540 g/mol. The first-order valence-electron chi connectivity index (χ1n) is 13.4. The van der Waals surface area contributed by atoms with Crippen molar-refractivity contribution in [2.45, 2.75) is 32.0 Å². The molecule has 1 N–H and O–H groups in total. The van der Waals surface area contributed by atoms with Crippen molar-refractivity contribution in [3.63, 3.8) is 0 Å². The van der Waals surface area contributed by atoms with Crippen molar-refractivity contribution in [3.05, 3.63) is 102 Å². The van der Waals surface area contributed by atoms with Crippen molar-refractivity contribution in [3.8, 4) is 21.9 Å². The lowest BCUT2D eigenvalue weighted by atomic mass is 9.98. The molecule has 3 heterocycles. The van der Waals surface area contributed by atoms with Gasteiger partial charge in [0.2, 0.25) is 0 Å². The number of phenolic OH excluding ortho intramolecular Hbond substituents is 1. The second kappa shape index (κ2) is 11.6. The Morgan fingerprint density at radius 3 is 2.59 bits per heavy atom. The SMILES string of the molecule is COC1CCN(Cc2ccc(Cc3c(-c4ccc(OCCn5ccnc5)cc4)sc4cc(O)ccc34)cc2)C1. The van der Waals surface area contributed by atoms with E-state index < -0.39 is 0 Å². The Hall–Kier alpha value is -3.65. The Labute approximate surface area is 233 Å². The maximum absolute atomic E-state index is 10.1. The van der Waals surface area contributed by atoms with Gasteiger partial charge in [0.25, 0.3) is 0 Å². The third-order valence-electron chi connectivity index (χ3n) is 7.44. The van der Waals surface area contributed by atoms with Crippen LogP contribution >= 0.6 is 11.3 Å². The summed E-state index contributed by atoms with van der Waals surface area (Å²) >= 11 is 1.73. The molecule has 1 fully saturated rings. The monoisotopic (exact) mass is 539 g/mol. The summed E-state index contributed by atoms with van der Waals surface area (Å²) < 4.78 is 14.6. The van der Waals surface area contributed by atoms with Crippen molar-refractivity contribution in [1.82, 2.24) is 14.5 Å². The number of thiophene rings is 1. The Kier molecular flexibility index (Phi) is 7.63. The molecule has 0 bridgehead atoms. The fraction of sp³-hybridized carbons (Fsp3) is 0.281. The maximum atomic E-state index is 10.1. The fourth-order valence-corrected chi connectivity index (χ4v) is 6.56. The number of rotatable bonds is 10. The largest absolute Gasteiger partial charge is 0.508 e. The minimum atomic E-state index is 0.297. The summed E-state index contributed by atoms with van der Waals surface area (Å²) in [6.45, 7) is 4.40. The van der Waals surface area contributed by atoms with E-state index in [9.17, 15) is 5.11 Å². The van der Waals surface area contributed by atoms with Gasteiger partial charge in [-0.05, 0) is 82.9 Å². The lowest BCUT2D eigenvalue weighted by Crippen LogP contribution is -2.22. The highest BCUT2D eigenvalue weighted by Gasteiger charge is 2.22. The minimum Gasteiger partial charge on any atom is -0.508 e. The average Bonchev–Trinajstić information content (AvgIpc) is 3.71. The number of imidazole rings is 1. The van der Waals surface area contributed by atoms with E-state index in [-0.39, 0.29) is 0 Å². The molecule has 2 aromatic heterocycles. The number of aromatic nitrogens is 2. The number of aromatic hydroxyl groups is 1. The van der Waals surface area contributed by atoms with E-state index in [1.165, 1.54) is 27.0 Å². The highest BCUT2D eigenvalue weighted by atomic mass is 32.1. The molecular weight excluding hydrogens is 506 g/mol. The Morgan fingerprint density at radius 1 is 1.03 bits per heavy atom. The normalized spacial score (nSPS) is 15.8. The predicted octanol–water partition coefficient (Wildman–Crippen LogP) is 6.36. The van der Waals surface area contributed by atoms with E-state index in [1.807, 2.05) is 35.0 Å². The second-order valence-electron chi connectivity index (χ2n) is 10.1. The van der Waals surface area contributed by atoms with E-state index in [0.29, 0.717) is 18.5 Å². The number of nitrogens with zero attached hydrogens (tertiary/aromatic N) is 3. The van der Waals surface area contributed by atoms with Gasteiger partial charge in [-0.15, -0.1) is 11.3 Å². The molecule has 1 atom stereocenters. The van der Waals surface area contributed by atoms with Gasteiger partial charge in [0.15, 0.2) is 0 Å². The van der Waals surface area contributed by atoms with Crippen molar-refractivity contribution in [1.29, 1.82) is 0 Å². The van der Waals surface area contributed by atoms with E-state index in [1.54, 1.807) is 37.0 Å². The molecule has 6 rings (SSSR count). The van der Waals surface area contributed by atoms with Gasteiger partial charge in [0, 0.05) is 48.7 Å². The minimum absolute atomic E-state index is 0.297. The van der Waals surface area contributed by atoms with Crippen molar-refractivity contribution < 1.29 is 14.6 Å². The molecule has 1 unspecified atom stereocenters. The molecule has 1 saturated heterocycles. The quantitative estimate of drug-likeness (QED) is 0.224. The van der Waals surface area contributed by atoms with Crippen LogP contribution in [0, 0.1) is 0 Å². The predicted molar refractivity (Wildman–Crippen MR) is 157 cm³/mol. The van der Waals surface area contributed by atoms with Crippen LogP contribution in [-0.4, -0.2) is 52.5 Å². The highest BCUT2D eigenvalue weighted by molar-refractivity contribution is 7.22. The molecule has 0 aliphatic carbocycles. The van der Waals surface area contributed by atoms with E-state index in [0.717, 1.165) is 55.0 Å². The van der Waals surface area contributed by atoms with Gasteiger partial charge in [0.05, 0.1) is 19.0 Å². The lowest BCUT2D eigenvalue weighted by Gasteiger charge is -2.16. The third-order valence-corrected chi connectivity index (χ3v) is 8.69. The maximum Gasteiger partial charge on any atom is 0.119 e. The summed E-state index contributed by atoms with van der Waals surface area (Å²) in [6.07, 6.45) is 7.81. The molecule has 5 aromatic rings. The van der Waals surface area contributed by atoms with Crippen molar-refractivity contribution in [2.75, 3.05) is 26.8 Å². The molecule has 39 heavy (non-hydrogen) atoms. The highest BCUT2D eigenvalue weighted by Crippen LogP contribution is 2.41. The van der Waals surface area contributed by atoms with Gasteiger partial charge < -0.3 is 19.1 Å². The first-order chi connectivity index (χ1) is 19.1. The Morgan fingerprint density at radius 2 is 1.85 bits per heavy atom. The summed E-state index contributed by atoms with van der Waals surface area (Å²) in [4.78, 5) is 7.76. The van der Waals surface area contributed by atoms with E-state index in [4.69, 9.17) is 9.47 Å². The first kappa shape index (κ1) is 25.6. The summed E-state index contributed by atoms with van der Waals surface area (Å²) in [6, 6.07) is 23.1. The molecule has 0 spiro atoms. The van der Waals surface area contributed by atoms with E-state index in [2.05, 4.69) is 46.3 Å². The van der Waals surface area contributed by atoms with Crippen LogP contribution < -0.4 is 4.74 Å². The zero-order chi connectivity index (χ0) is 26.6.